The molecule has 0 saturated carbocycles. The molecule has 0 aromatic heterocycles. The predicted molar refractivity (Wildman–Crippen MR) is 84.4 cm³/mol. The second-order valence-corrected chi connectivity index (χ2v) is 5.19. The molecule has 1 atom stereocenters. The second kappa shape index (κ2) is 7.59. The van der Waals surface area contributed by atoms with E-state index in [0.29, 0.717) is 11.3 Å². The molecule has 0 bridgehead atoms. The van der Waals surface area contributed by atoms with Crippen LogP contribution in [-0.2, 0) is 6.61 Å². The average molecular weight is 301 g/mol. The van der Waals surface area contributed by atoms with Crippen molar-refractivity contribution in [3.05, 3.63) is 65.5 Å². The zero-order valence-corrected chi connectivity index (χ0v) is 12.8. The summed E-state index contributed by atoms with van der Waals surface area (Å²) in [4.78, 5) is 12.3. The van der Waals surface area contributed by atoms with Gasteiger partial charge in [-0.25, -0.2) is 4.39 Å². The molecule has 116 valence electrons. The molecule has 2 aromatic rings. The van der Waals surface area contributed by atoms with Crippen LogP contribution in [0.25, 0.3) is 0 Å². The van der Waals surface area contributed by atoms with Crippen LogP contribution in [0.2, 0.25) is 0 Å². The highest BCUT2D eigenvalue weighted by molar-refractivity contribution is 5.97. The first-order valence-corrected chi connectivity index (χ1v) is 7.37. The number of hydrogen-bond acceptors (Lipinski definition) is 2. The summed E-state index contributed by atoms with van der Waals surface area (Å²) < 4.78 is 18.6. The van der Waals surface area contributed by atoms with E-state index in [1.807, 2.05) is 19.9 Å². The predicted octanol–water partition coefficient (Wildman–Crippen LogP) is 3.93. The summed E-state index contributed by atoms with van der Waals surface area (Å²) in [5, 5.41) is 2.92. The Morgan fingerprint density at radius 2 is 1.86 bits per heavy atom. The summed E-state index contributed by atoms with van der Waals surface area (Å²) in [6, 6.07) is 13.3. The highest BCUT2D eigenvalue weighted by Gasteiger charge is 2.13. The van der Waals surface area contributed by atoms with Gasteiger partial charge in [-0.15, -0.1) is 0 Å². The topological polar surface area (TPSA) is 38.3 Å². The van der Waals surface area contributed by atoms with Gasteiger partial charge in [0.05, 0.1) is 5.56 Å². The molecular weight excluding hydrogens is 281 g/mol. The van der Waals surface area contributed by atoms with Crippen LogP contribution in [0, 0.1) is 5.82 Å². The minimum atomic E-state index is -0.280. The van der Waals surface area contributed by atoms with Crippen molar-refractivity contribution >= 4 is 5.91 Å². The Morgan fingerprint density at radius 1 is 1.18 bits per heavy atom. The Morgan fingerprint density at radius 3 is 2.55 bits per heavy atom. The van der Waals surface area contributed by atoms with E-state index in [2.05, 4.69) is 5.32 Å². The lowest BCUT2D eigenvalue weighted by Gasteiger charge is -2.14. The lowest BCUT2D eigenvalue weighted by Crippen LogP contribution is -2.32. The van der Waals surface area contributed by atoms with E-state index >= 15 is 0 Å². The maximum Gasteiger partial charge on any atom is 0.255 e. The van der Waals surface area contributed by atoms with E-state index < -0.39 is 0 Å². The molecule has 0 saturated heterocycles. The highest BCUT2D eigenvalue weighted by Crippen LogP contribution is 2.19. The highest BCUT2D eigenvalue weighted by atomic mass is 19.1. The molecule has 22 heavy (non-hydrogen) atoms. The summed E-state index contributed by atoms with van der Waals surface area (Å²) in [6.45, 7) is 4.26. The van der Waals surface area contributed by atoms with Gasteiger partial charge in [0.25, 0.3) is 5.91 Å². The van der Waals surface area contributed by atoms with E-state index in [-0.39, 0.29) is 24.4 Å². The molecule has 0 aliphatic heterocycles. The van der Waals surface area contributed by atoms with E-state index in [1.54, 1.807) is 30.3 Å². The smallest absolute Gasteiger partial charge is 0.255 e. The van der Waals surface area contributed by atoms with Gasteiger partial charge in [-0.3, -0.25) is 4.79 Å². The van der Waals surface area contributed by atoms with Crippen LogP contribution in [0.15, 0.2) is 48.5 Å². The summed E-state index contributed by atoms with van der Waals surface area (Å²) >= 11 is 0. The van der Waals surface area contributed by atoms with Gasteiger partial charge in [-0.2, -0.15) is 0 Å². The molecule has 3 nitrogen and oxygen atoms in total. The van der Waals surface area contributed by atoms with Crippen molar-refractivity contribution in [2.75, 3.05) is 0 Å². The lowest BCUT2D eigenvalue weighted by atomic mass is 10.1. The maximum absolute atomic E-state index is 12.9. The SMILES string of the molecule is CCC(C)NC(=O)c1ccccc1OCc1ccc(F)cc1. The first kappa shape index (κ1) is 16.0. The minimum absolute atomic E-state index is 0.109. The lowest BCUT2D eigenvalue weighted by molar-refractivity contribution is 0.0934. The van der Waals surface area contributed by atoms with Gasteiger partial charge in [0, 0.05) is 6.04 Å². The van der Waals surface area contributed by atoms with Crippen molar-refractivity contribution in [1.82, 2.24) is 5.32 Å². The third-order valence-electron chi connectivity index (χ3n) is 3.43. The number of carbonyl (C=O) groups is 1. The number of ether oxygens (including phenoxy) is 1. The molecule has 2 aromatic carbocycles. The van der Waals surface area contributed by atoms with Crippen LogP contribution in [-0.4, -0.2) is 11.9 Å². The first-order chi connectivity index (χ1) is 10.6. The minimum Gasteiger partial charge on any atom is -0.488 e. The number of nitrogens with one attached hydrogen (secondary N) is 1. The quantitative estimate of drug-likeness (QED) is 0.878. The number of amides is 1. The molecule has 0 aliphatic carbocycles. The van der Waals surface area contributed by atoms with Gasteiger partial charge < -0.3 is 10.1 Å². The molecule has 0 aliphatic rings. The van der Waals surface area contributed by atoms with Gasteiger partial charge in [-0.1, -0.05) is 31.2 Å². The van der Waals surface area contributed by atoms with Crippen molar-refractivity contribution in [2.45, 2.75) is 32.9 Å². The Balaban J connectivity index is 2.07. The van der Waals surface area contributed by atoms with Crippen LogP contribution in [0.1, 0.15) is 36.2 Å². The molecule has 1 amide bonds. The molecule has 0 spiro atoms. The zero-order chi connectivity index (χ0) is 15.9. The monoisotopic (exact) mass is 301 g/mol. The fourth-order valence-corrected chi connectivity index (χ4v) is 1.93. The summed E-state index contributed by atoms with van der Waals surface area (Å²) in [7, 11) is 0. The third kappa shape index (κ3) is 4.32. The number of halogens is 1. The molecule has 0 fully saturated rings. The standard InChI is InChI=1S/C18H20FNO2/c1-3-13(2)20-18(21)16-6-4-5-7-17(16)22-12-14-8-10-15(19)11-9-14/h4-11,13H,3,12H2,1-2H3,(H,20,21). The summed E-state index contributed by atoms with van der Waals surface area (Å²) in [5.74, 6) is 0.0914. The van der Waals surface area contributed by atoms with Crippen molar-refractivity contribution < 1.29 is 13.9 Å². The summed E-state index contributed by atoms with van der Waals surface area (Å²) in [5.41, 5.74) is 1.35. The molecule has 1 unspecified atom stereocenters. The summed E-state index contributed by atoms with van der Waals surface area (Å²) in [6.07, 6.45) is 0.865. The van der Waals surface area contributed by atoms with Gasteiger partial charge in [0.1, 0.15) is 18.2 Å². The van der Waals surface area contributed by atoms with E-state index in [9.17, 15) is 9.18 Å². The van der Waals surface area contributed by atoms with Gasteiger partial charge in [0.2, 0.25) is 0 Å². The van der Waals surface area contributed by atoms with Crippen molar-refractivity contribution in [3.63, 3.8) is 0 Å². The van der Waals surface area contributed by atoms with Crippen molar-refractivity contribution in [1.29, 1.82) is 0 Å². The Labute approximate surface area is 130 Å². The molecule has 0 heterocycles. The van der Waals surface area contributed by atoms with Crippen LogP contribution in [0.4, 0.5) is 4.39 Å². The molecule has 2 rings (SSSR count). The molecule has 0 radical (unpaired) electrons. The van der Waals surface area contributed by atoms with Gasteiger partial charge in [-0.05, 0) is 43.2 Å². The Kier molecular flexibility index (Phi) is 5.53. The zero-order valence-electron chi connectivity index (χ0n) is 12.8. The number of rotatable bonds is 6. The fourth-order valence-electron chi connectivity index (χ4n) is 1.93. The van der Waals surface area contributed by atoms with Crippen LogP contribution < -0.4 is 10.1 Å². The molecule has 1 N–H and O–H groups in total. The van der Waals surface area contributed by atoms with Crippen LogP contribution in [0.5, 0.6) is 5.75 Å². The maximum atomic E-state index is 12.9. The largest absolute Gasteiger partial charge is 0.488 e. The number of carbonyl (C=O) groups excluding carboxylic acids is 1. The Hall–Kier alpha value is -2.36. The fraction of sp³-hybridized carbons (Fsp3) is 0.278. The number of hydrogen-bond donors (Lipinski definition) is 1. The number of benzene rings is 2. The van der Waals surface area contributed by atoms with E-state index in [0.717, 1.165) is 12.0 Å². The number of para-hydroxylation sites is 1. The normalized spacial score (nSPS) is 11.8. The molecule has 4 heteroatoms. The average Bonchev–Trinajstić information content (AvgIpc) is 2.54. The van der Waals surface area contributed by atoms with Crippen molar-refractivity contribution in [2.24, 2.45) is 0 Å². The van der Waals surface area contributed by atoms with E-state index in [1.165, 1.54) is 12.1 Å². The molecular formula is C18H20FNO2. The van der Waals surface area contributed by atoms with Crippen molar-refractivity contribution in [3.8, 4) is 5.75 Å². The van der Waals surface area contributed by atoms with E-state index in [4.69, 9.17) is 4.74 Å². The second-order valence-electron chi connectivity index (χ2n) is 5.19. The van der Waals surface area contributed by atoms with Crippen LogP contribution in [0.3, 0.4) is 0 Å². The van der Waals surface area contributed by atoms with Crippen LogP contribution >= 0.6 is 0 Å². The third-order valence-corrected chi connectivity index (χ3v) is 3.43. The first-order valence-electron chi connectivity index (χ1n) is 7.37. The van der Waals surface area contributed by atoms with Gasteiger partial charge in [0.15, 0.2) is 0 Å². The Bertz CT molecular complexity index is 625. The van der Waals surface area contributed by atoms with Gasteiger partial charge >= 0.3 is 0 Å².